The number of carbonyl (C=O) groups is 1. The number of amides is 1. The summed E-state index contributed by atoms with van der Waals surface area (Å²) in [4.78, 5) is 16.8. The average Bonchev–Trinajstić information content (AvgIpc) is 2.67. The molecular weight excluding hydrogens is 348 g/mol. The quantitative estimate of drug-likeness (QED) is 0.706. The fraction of sp³-hybridized carbons (Fsp3) is 0.143. The summed E-state index contributed by atoms with van der Waals surface area (Å²) in [5, 5.41) is 3.64. The van der Waals surface area contributed by atoms with Crippen molar-refractivity contribution in [3.63, 3.8) is 0 Å². The van der Waals surface area contributed by atoms with Gasteiger partial charge in [-0.2, -0.15) is 0 Å². The number of pyridine rings is 1. The van der Waals surface area contributed by atoms with E-state index in [0.717, 1.165) is 16.8 Å². The predicted octanol–water partition coefficient (Wildman–Crippen LogP) is 4.33. The molecule has 0 saturated heterocycles. The van der Waals surface area contributed by atoms with E-state index in [1.54, 1.807) is 24.4 Å². The van der Waals surface area contributed by atoms with Crippen LogP contribution in [0.4, 0.5) is 0 Å². The summed E-state index contributed by atoms with van der Waals surface area (Å²) in [6.07, 6.45) is 1.71. The Morgan fingerprint density at radius 3 is 2.58 bits per heavy atom. The predicted molar refractivity (Wildman–Crippen MR) is 102 cm³/mol. The first-order valence-corrected chi connectivity index (χ1v) is 8.65. The normalized spacial score (nSPS) is 11.6. The van der Waals surface area contributed by atoms with Crippen LogP contribution in [0.3, 0.4) is 0 Å². The van der Waals surface area contributed by atoms with Crippen LogP contribution in [0.15, 0.2) is 72.9 Å². The minimum Gasteiger partial charge on any atom is -0.484 e. The minimum atomic E-state index is -0.334. The zero-order valence-electron chi connectivity index (χ0n) is 14.4. The van der Waals surface area contributed by atoms with Gasteiger partial charge in [0.25, 0.3) is 5.91 Å². The monoisotopic (exact) mass is 366 g/mol. The number of benzene rings is 2. The first-order valence-electron chi connectivity index (χ1n) is 8.27. The third kappa shape index (κ3) is 4.61. The zero-order valence-corrected chi connectivity index (χ0v) is 15.1. The van der Waals surface area contributed by atoms with Crippen molar-refractivity contribution in [1.29, 1.82) is 0 Å². The van der Waals surface area contributed by atoms with E-state index in [-0.39, 0.29) is 18.6 Å². The lowest BCUT2D eigenvalue weighted by molar-refractivity contribution is -0.123. The molecule has 26 heavy (non-hydrogen) atoms. The molecule has 2 aromatic carbocycles. The number of aryl methyl sites for hydroxylation is 1. The Balaban J connectivity index is 1.71. The maximum absolute atomic E-state index is 12.5. The van der Waals surface area contributed by atoms with Crippen LogP contribution < -0.4 is 10.1 Å². The third-order valence-electron chi connectivity index (χ3n) is 3.92. The van der Waals surface area contributed by atoms with E-state index in [1.807, 2.05) is 55.5 Å². The van der Waals surface area contributed by atoms with Gasteiger partial charge in [0.1, 0.15) is 5.75 Å². The topological polar surface area (TPSA) is 51.2 Å². The summed E-state index contributed by atoms with van der Waals surface area (Å²) in [5.74, 6) is 0.414. The average molecular weight is 367 g/mol. The fourth-order valence-corrected chi connectivity index (χ4v) is 2.87. The molecule has 3 rings (SSSR count). The van der Waals surface area contributed by atoms with Gasteiger partial charge in [-0.25, -0.2) is 0 Å². The number of rotatable bonds is 6. The van der Waals surface area contributed by atoms with Crippen LogP contribution in [0.25, 0.3) is 0 Å². The highest BCUT2D eigenvalue weighted by Crippen LogP contribution is 2.22. The van der Waals surface area contributed by atoms with E-state index in [1.165, 1.54) is 0 Å². The number of hydrogen-bond donors (Lipinski definition) is 1. The van der Waals surface area contributed by atoms with Gasteiger partial charge in [0, 0.05) is 11.2 Å². The molecule has 0 saturated carbocycles. The minimum absolute atomic E-state index is 0.0847. The Hall–Kier alpha value is -2.85. The van der Waals surface area contributed by atoms with Gasteiger partial charge in [0.2, 0.25) is 0 Å². The van der Waals surface area contributed by atoms with Crippen LogP contribution in [0.1, 0.15) is 22.9 Å². The molecule has 0 spiro atoms. The smallest absolute Gasteiger partial charge is 0.258 e. The van der Waals surface area contributed by atoms with Crippen LogP contribution in [0.2, 0.25) is 5.02 Å². The molecule has 3 aromatic rings. The maximum atomic E-state index is 12.5. The molecule has 0 radical (unpaired) electrons. The second-order valence-electron chi connectivity index (χ2n) is 5.86. The van der Waals surface area contributed by atoms with Crippen molar-refractivity contribution in [3.8, 4) is 5.75 Å². The van der Waals surface area contributed by atoms with Crippen molar-refractivity contribution in [3.05, 3.63) is 94.8 Å². The van der Waals surface area contributed by atoms with Crippen LogP contribution in [-0.2, 0) is 4.79 Å². The molecule has 0 aliphatic rings. The molecule has 1 atom stereocenters. The molecule has 0 aliphatic carbocycles. The summed E-state index contributed by atoms with van der Waals surface area (Å²) < 4.78 is 5.64. The lowest BCUT2D eigenvalue weighted by Gasteiger charge is -2.19. The number of hydrogen-bond acceptors (Lipinski definition) is 3. The Bertz CT molecular complexity index is 830. The summed E-state index contributed by atoms with van der Waals surface area (Å²) in [7, 11) is 0. The zero-order chi connectivity index (χ0) is 18.4. The highest BCUT2D eigenvalue weighted by atomic mass is 35.5. The summed E-state index contributed by atoms with van der Waals surface area (Å²) in [5.41, 5.74) is 2.62. The molecule has 1 amide bonds. The van der Waals surface area contributed by atoms with Gasteiger partial charge in [-0.15, -0.1) is 0 Å². The van der Waals surface area contributed by atoms with E-state index in [2.05, 4.69) is 10.3 Å². The Kier molecular flexibility index (Phi) is 5.87. The standard InChI is InChI=1S/C21H19ClN2O2/c1-15-13-17(22)10-11-19(15)26-14-20(25)24-21(16-7-3-2-4-8-16)18-9-5-6-12-23-18/h2-13,21H,14H2,1H3,(H,24,25). The Morgan fingerprint density at radius 2 is 1.88 bits per heavy atom. The molecule has 132 valence electrons. The van der Waals surface area contributed by atoms with E-state index in [0.29, 0.717) is 10.8 Å². The second kappa shape index (κ2) is 8.50. The van der Waals surface area contributed by atoms with Crippen LogP contribution in [-0.4, -0.2) is 17.5 Å². The number of ether oxygens (including phenoxy) is 1. The Morgan fingerprint density at radius 1 is 1.12 bits per heavy atom. The van der Waals surface area contributed by atoms with Crippen molar-refractivity contribution in [1.82, 2.24) is 10.3 Å². The van der Waals surface area contributed by atoms with E-state index in [4.69, 9.17) is 16.3 Å². The molecule has 1 unspecified atom stereocenters. The van der Waals surface area contributed by atoms with E-state index >= 15 is 0 Å². The van der Waals surface area contributed by atoms with E-state index in [9.17, 15) is 4.79 Å². The number of aromatic nitrogens is 1. The van der Waals surface area contributed by atoms with Crippen LogP contribution in [0, 0.1) is 6.92 Å². The van der Waals surface area contributed by atoms with Crippen molar-refractivity contribution in [2.24, 2.45) is 0 Å². The summed E-state index contributed by atoms with van der Waals surface area (Å²) in [6.45, 7) is 1.80. The van der Waals surface area contributed by atoms with Crippen LogP contribution in [0.5, 0.6) is 5.75 Å². The molecule has 4 nitrogen and oxygen atoms in total. The van der Waals surface area contributed by atoms with Crippen molar-refractivity contribution < 1.29 is 9.53 Å². The molecule has 1 aromatic heterocycles. The second-order valence-corrected chi connectivity index (χ2v) is 6.30. The third-order valence-corrected chi connectivity index (χ3v) is 4.15. The molecule has 0 fully saturated rings. The SMILES string of the molecule is Cc1cc(Cl)ccc1OCC(=O)NC(c1ccccc1)c1ccccn1. The van der Waals surface area contributed by atoms with Gasteiger partial charge in [-0.05, 0) is 48.4 Å². The fourth-order valence-electron chi connectivity index (χ4n) is 2.64. The molecular formula is C21H19ClN2O2. The molecule has 1 heterocycles. The number of halogens is 1. The number of nitrogens with one attached hydrogen (secondary N) is 1. The first kappa shape index (κ1) is 18.0. The lowest BCUT2D eigenvalue weighted by Crippen LogP contribution is -2.33. The van der Waals surface area contributed by atoms with Gasteiger partial charge in [0.15, 0.2) is 6.61 Å². The number of nitrogens with zero attached hydrogens (tertiary/aromatic N) is 1. The van der Waals surface area contributed by atoms with E-state index < -0.39 is 0 Å². The van der Waals surface area contributed by atoms with Gasteiger partial charge in [0.05, 0.1) is 11.7 Å². The highest BCUT2D eigenvalue weighted by molar-refractivity contribution is 6.30. The summed E-state index contributed by atoms with van der Waals surface area (Å²) >= 11 is 5.94. The lowest BCUT2D eigenvalue weighted by atomic mass is 10.0. The van der Waals surface area contributed by atoms with Gasteiger partial charge in [-0.1, -0.05) is 48.0 Å². The van der Waals surface area contributed by atoms with Gasteiger partial charge in [-0.3, -0.25) is 9.78 Å². The highest BCUT2D eigenvalue weighted by Gasteiger charge is 2.18. The molecule has 1 N–H and O–H groups in total. The van der Waals surface area contributed by atoms with Gasteiger partial charge >= 0.3 is 0 Å². The van der Waals surface area contributed by atoms with Crippen LogP contribution >= 0.6 is 11.6 Å². The van der Waals surface area contributed by atoms with Crippen molar-refractivity contribution >= 4 is 17.5 Å². The summed E-state index contributed by atoms with van der Waals surface area (Å²) in [6, 6.07) is 20.3. The Labute approximate surface area is 157 Å². The largest absolute Gasteiger partial charge is 0.484 e. The molecule has 5 heteroatoms. The van der Waals surface area contributed by atoms with Crippen molar-refractivity contribution in [2.45, 2.75) is 13.0 Å². The number of carbonyl (C=O) groups excluding carboxylic acids is 1. The van der Waals surface area contributed by atoms with Gasteiger partial charge < -0.3 is 10.1 Å². The molecule has 0 aliphatic heterocycles. The maximum Gasteiger partial charge on any atom is 0.258 e. The van der Waals surface area contributed by atoms with Crippen molar-refractivity contribution in [2.75, 3.05) is 6.61 Å². The molecule has 0 bridgehead atoms. The first-order chi connectivity index (χ1) is 12.6.